The Bertz CT molecular complexity index is 1410. The number of hydrogen-bond donors (Lipinski definition) is 2. The van der Waals surface area contributed by atoms with Gasteiger partial charge in [0.25, 0.3) is 5.91 Å². The van der Waals surface area contributed by atoms with Gasteiger partial charge < -0.3 is 35.4 Å². The van der Waals surface area contributed by atoms with E-state index >= 15 is 0 Å². The Balaban J connectivity index is 1.09. The van der Waals surface area contributed by atoms with Gasteiger partial charge in [0, 0.05) is 70.0 Å². The van der Waals surface area contributed by atoms with Crippen LogP contribution in [-0.4, -0.2) is 120 Å². The van der Waals surface area contributed by atoms with E-state index in [-0.39, 0.29) is 24.4 Å². The highest BCUT2D eigenvalue weighted by Crippen LogP contribution is 2.29. The summed E-state index contributed by atoms with van der Waals surface area (Å²) in [5.41, 5.74) is 10.1. The molecular weight excluding hydrogens is 606 g/mol. The molecular formula is C34H46ClN7O4. The number of fused-ring (bicyclic) bond motifs is 1. The van der Waals surface area contributed by atoms with E-state index in [2.05, 4.69) is 22.2 Å². The molecule has 0 saturated carbocycles. The fourth-order valence-corrected chi connectivity index (χ4v) is 7.57. The van der Waals surface area contributed by atoms with Gasteiger partial charge >= 0.3 is 12.1 Å². The topological polar surface area (TPSA) is 115 Å². The molecule has 0 spiro atoms. The minimum Gasteiger partial charge on any atom is -0.436 e. The van der Waals surface area contributed by atoms with Crippen molar-refractivity contribution in [2.75, 3.05) is 70.5 Å². The van der Waals surface area contributed by atoms with Crippen molar-refractivity contribution in [2.45, 2.75) is 63.8 Å². The van der Waals surface area contributed by atoms with Crippen LogP contribution in [0.3, 0.4) is 0 Å². The van der Waals surface area contributed by atoms with Crippen molar-refractivity contribution in [3.05, 3.63) is 58.1 Å². The molecule has 4 amide bonds. The molecule has 4 heterocycles. The number of aryl methyl sites for hydroxylation is 1. The Labute approximate surface area is 276 Å². The lowest BCUT2D eigenvalue weighted by Gasteiger charge is -2.43. The number of carbonyl (C=O) groups excluding carboxylic acids is 3. The third kappa shape index (κ3) is 7.21. The lowest BCUT2D eigenvalue weighted by atomic mass is 10.0. The number of nitrogens with one attached hydrogen (secondary N) is 1. The maximum Gasteiger partial charge on any atom is 0.410 e. The lowest BCUT2D eigenvalue weighted by molar-refractivity contribution is -0.143. The molecule has 248 valence electrons. The van der Waals surface area contributed by atoms with E-state index in [9.17, 15) is 14.4 Å². The maximum atomic E-state index is 14.0. The number of nitrogens with zero attached hydrogens (tertiary/aromatic N) is 5. The van der Waals surface area contributed by atoms with Crippen molar-refractivity contribution in [3.63, 3.8) is 0 Å². The van der Waals surface area contributed by atoms with Crippen LogP contribution in [0.15, 0.2) is 36.4 Å². The van der Waals surface area contributed by atoms with E-state index in [4.69, 9.17) is 22.1 Å². The number of benzene rings is 2. The van der Waals surface area contributed by atoms with Crippen LogP contribution in [0.2, 0.25) is 5.02 Å². The van der Waals surface area contributed by atoms with Gasteiger partial charge in [0.05, 0.1) is 10.7 Å². The third-order valence-corrected chi connectivity index (χ3v) is 10.5. The van der Waals surface area contributed by atoms with Crippen LogP contribution in [0.25, 0.3) is 0 Å². The van der Waals surface area contributed by atoms with Gasteiger partial charge in [-0.25, -0.2) is 9.59 Å². The number of rotatable bonds is 6. The monoisotopic (exact) mass is 651 g/mol. The highest BCUT2D eigenvalue weighted by atomic mass is 35.5. The van der Waals surface area contributed by atoms with Gasteiger partial charge in [0.15, 0.2) is 6.10 Å². The zero-order chi connectivity index (χ0) is 32.4. The number of ether oxygens (including phenoxy) is 1. The van der Waals surface area contributed by atoms with Gasteiger partial charge in [-0.1, -0.05) is 35.9 Å². The second kappa shape index (κ2) is 14.1. The average molecular weight is 652 g/mol. The molecule has 0 aromatic heterocycles. The van der Waals surface area contributed by atoms with Gasteiger partial charge in [-0.15, -0.1) is 0 Å². The van der Waals surface area contributed by atoms with E-state index in [1.54, 1.807) is 11.0 Å². The standard InChI is InChI=1S/C34H46ClN7O4/c1-23-19-24(20-28(35)31(23)36)21-30(32(43)40-17-15-39(16-18-40)26-7-11-38(2)12-8-26)46-34(45)41-13-9-27(10-14-41)42-22-25-5-3-4-6-29(25)37-33(42)44/h3-6,19-20,26-27,30H,7-18,21-22,36H2,1-2H3,(H,37,44)/t30-/m1/s1. The highest BCUT2D eigenvalue weighted by Gasteiger charge is 2.36. The number of nitrogen functional groups attached to an aromatic ring is 1. The normalized spacial score (nSPS) is 21.1. The molecule has 3 saturated heterocycles. The summed E-state index contributed by atoms with van der Waals surface area (Å²) in [6.07, 6.45) is 2.29. The summed E-state index contributed by atoms with van der Waals surface area (Å²) in [6.45, 7) is 8.34. The summed E-state index contributed by atoms with van der Waals surface area (Å²) in [4.78, 5) is 50.6. The molecule has 0 radical (unpaired) electrons. The third-order valence-electron chi connectivity index (χ3n) is 10.2. The molecule has 2 aromatic rings. The first-order valence-electron chi connectivity index (χ1n) is 16.5. The number of nitrogens with two attached hydrogens (primary N) is 1. The number of urea groups is 1. The number of para-hydroxylation sites is 1. The Morgan fingerprint density at radius 3 is 2.33 bits per heavy atom. The second-order valence-corrected chi connectivity index (χ2v) is 13.6. The van der Waals surface area contributed by atoms with Crippen LogP contribution in [-0.2, 0) is 22.5 Å². The molecule has 1 atom stereocenters. The molecule has 3 fully saturated rings. The highest BCUT2D eigenvalue weighted by molar-refractivity contribution is 6.33. The van der Waals surface area contributed by atoms with Crippen LogP contribution < -0.4 is 11.1 Å². The first kappa shape index (κ1) is 32.4. The molecule has 0 aliphatic carbocycles. The Morgan fingerprint density at radius 2 is 1.63 bits per heavy atom. The van der Waals surface area contributed by atoms with Gasteiger partial charge in [-0.2, -0.15) is 0 Å². The molecule has 0 bridgehead atoms. The number of carbonyl (C=O) groups is 3. The number of hydrogen-bond acceptors (Lipinski definition) is 7. The first-order valence-corrected chi connectivity index (χ1v) is 16.9. The van der Waals surface area contributed by atoms with Crippen molar-refractivity contribution in [2.24, 2.45) is 0 Å². The summed E-state index contributed by atoms with van der Waals surface area (Å²) < 4.78 is 6.03. The van der Waals surface area contributed by atoms with Crippen LogP contribution in [0.5, 0.6) is 0 Å². The number of piperazine rings is 1. The minimum atomic E-state index is -0.983. The number of piperidine rings is 2. The summed E-state index contributed by atoms with van der Waals surface area (Å²) in [7, 11) is 2.17. The van der Waals surface area contributed by atoms with Crippen LogP contribution in [0, 0.1) is 6.92 Å². The predicted molar refractivity (Wildman–Crippen MR) is 179 cm³/mol. The molecule has 11 nitrogen and oxygen atoms in total. The SMILES string of the molecule is Cc1cc(C[C@@H](OC(=O)N2CCC(N3Cc4ccccc4NC3=O)CC2)C(=O)N2CCN(C3CCN(C)CC3)CC2)cc(Cl)c1N. The molecule has 4 aliphatic rings. The fraction of sp³-hybridized carbons (Fsp3) is 0.559. The zero-order valence-electron chi connectivity index (χ0n) is 26.9. The quantitative estimate of drug-likeness (QED) is 0.454. The predicted octanol–water partition coefficient (Wildman–Crippen LogP) is 4.03. The van der Waals surface area contributed by atoms with Crippen LogP contribution >= 0.6 is 11.6 Å². The molecule has 4 aliphatic heterocycles. The van der Waals surface area contributed by atoms with Gasteiger partial charge in [0.2, 0.25) is 0 Å². The first-order chi connectivity index (χ1) is 22.2. The van der Waals surface area contributed by atoms with E-state index in [0.29, 0.717) is 62.3 Å². The van der Waals surface area contributed by atoms with E-state index in [1.807, 2.05) is 47.1 Å². The molecule has 6 rings (SSSR count). The number of anilines is 2. The second-order valence-electron chi connectivity index (χ2n) is 13.2. The minimum absolute atomic E-state index is 0.00980. The average Bonchev–Trinajstić information content (AvgIpc) is 3.06. The Kier molecular flexibility index (Phi) is 9.91. The van der Waals surface area contributed by atoms with Crippen molar-refractivity contribution in [1.29, 1.82) is 0 Å². The summed E-state index contributed by atoms with van der Waals surface area (Å²) in [6, 6.07) is 11.9. The summed E-state index contributed by atoms with van der Waals surface area (Å²) in [5, 5.41) is 3.41. The molecule has 46 heavy (non-hydrogen) atoms. The number of halogens is 1. The number of amides is 4. The van der Waals surface area contributed by atoms with Crippen molar-refractivity contribution >= 4 is 41.0 Å². The Morgan fingerprint density at radius 1 is 0.957 bits per heavy atom. The smallest absolute Gasteiger partial charge is 0.410 e. The van der Waals surface area contributed by atoms with E-state index < -0.39 is 12.2 Å². The van der Waals surface area contributed by atoms with Crippen molar-refractivity contribution < 1.29 is 19.1 Å². The van der Waals surface area contributed by atoms with Gasteiger partial charge in [-0.05, 0) is 81.6 Å². The van der Waals surface area contributed by atoms with Gasteiger partial charge in [-0.3, -0.25) is 9.69 Å². The fourth-order valence-electron chi connectivity index (χ4n) is 7.28. The molecule has 0 unspecified atom stereocenters. The van der Waals surface area contributed by atoms with Crippen LogP contribution in [0.4, 0.5) is 21.0 Å². The Hall–Kier alpha value is -3.54. The molecule has 3 N–H and O–H groups in total. The van der Waals surface area contributed by atoms with Crippen molar-refractivity contribution in [3.8, 4) is 0 Å². The zero-order valence-corrected chi connectivity index (χ0v) is 27.7. The van der Waals surface area contributed by atoms with E-state index in [0.717, 1.165) is 61.4 Å². The lowest BCUT2D eigenvalue weighted by Crippen LogP contribution is -2.56. The van der Waals surface area contributed by atoms with Crippen LogP contribution in [0.1, 0.15) is 42.4 Å². The number of likely N-dealkylation sites (tertiary alicyclic amines) is 2. The van der Waals surface area contributed by atoms with E-state index in [1.165, 1.54) is 0 Å². The van der Waals surface area contributed by atoms with Crippen molar-refractivity contribution in [1.82, 2.24) is 24.5 Å². The molecule has 12 heteroatoms. The summed E-state index contributed by atoms with van der Waals surface area (Å²) in [5.74, 6) is -0.180. The molecule has 2 aromatic carbocycles. The largest absolute Gasteiger partial charge is 0.436 e. The maximum absolute atomic E-state index is 14.0. The van der Waals surface area contributed by atoms with Gasteiger partial charge in [0.1, 0.15) is 0 Å². The summed E-state index contributed by atoms with van der Waals surface area (Å²) >= 11 is 6.40.